The average Bonchev–Trinajstić information content (AvgIpc) is 2.05. The predicted molar refractivity (Wildman–Crippen MR) is 48.1 cm³/mol. The minimum absolute atomic E-state index is 0.0718. The lowest BCUT2D eigenvalue weighted by Crippen LogP contribution is -2.06. The summed E-state index contributed by atoms with van der Waals surface area (Å²) in [5.41, 5.74) is 0.678. The molecule has 66 valence electrons. The summed E-state index contributed by atoms with van der Waals surface area (Å²) in [5, 5.41) is 7.25. The number of hydrogen-bond donors (Lipinski definition) is 1. The number of rotatable bonds is 4. The molecule has 0 heterocycles. The van der Waals surface area contributed by atoms with Gasteiger partial charge in [0.05, 0.1) is 6.61 Å². The van der Waals surface area contributed by atoms with Gasteiger partial charge in [-0.05, 0) is 6.92 Å². The number of ether oxygens (including phenoxy) is 2. The normalized spacial score (nSPS) is 10.6. The van der Waals surface area contributed by atoms with Crippen LogP contribution in [-0.2, 0) is 9.47 Å². The van der Waals surface area contributed by atoms with Crippen molar-refractivity contribution in [2.75, 3.05) is 20.3 Å². The van der Waals surface area contributed by atoms with Gasteiger partial charge in [0.2, 0.25) is 5.90 Å². The summed E-state index contributed by atoms with van der Waals surface area (Å²) in [6.07, 6.45) is 6.58. The van der Waals surface area contributed by atoms with Crippen molar-refractivity contribution >= 4 is 5.90 Å². The lowest BCUT2D eigenvalue weighted by molar-refractivity contribution is 0.141. The highest BCUT2D eigenvalue weighted by Gasteiger charge is 1.92. The molecule has 0 aromatic rings. The van der Waals surface area contributed by atoms with E-state index < -0.39 is 0 Å². The first-order valence-electron chi connectivity index (χ1n) is 3.56. The molecule has 0 saturated carbocycles. The van der Waals surface area contributed by atoms with E-state index in [2.05, 4.69) is 5.92 Å². The molecule has 0 radical (unpaired) electrons. The van der Waals surface area contributed by atoms with Crippen LogP contribution in [0.3, 0.4) is 0 Å². The molecule has 12 heavy (non-hydrogen) atoms. The quantitative estimate of drug-likeness (QED) is 0.296. The van der Waals surface area contributed by atoms with E-state index in [-0.39, 0.29) is 5.90 Å². The largest absolute Gasteiger partial charge is 0.476 e. The number of methoxy groups -OCH3 is 1. The molecule has 3 heteroatoms. The molecule has 0 bridgehead atoms. The van der Waals surface area contributed by atoms with Gasteiger partial charge in [0.25, 0.3) is 0 Å². The van der Waals surface area contributed by atoms with Gasteiger partial charge in [0.15, 0.2) is 0 Å². The monoisotopic (exact) mass is 167 g/mol. The molecule has 0 aliphatic heterocycles. The van der Waals surface area contributed by atoms with Crippen LogP contribution in [0.5, 0.6) is 0 Å². The molecule has 0 aromatic carbocycles. The van der Waals surface area contributed by atoms with E-state index in [4.69, 9.17) is 21.3 Å². The summed E-state index contributed by atoms with van der Waals surface area (Å²) in [6, 6.07) is 0. The lowest BCUT2D eigenvalue weighted by atomic mass is 10.3. The summed E-state index contributed by atoms with van der Waals surface area (Å²) in [6.45, 7) is 2.60. The first kappa shape index (κ1) is 10.7. The third kappa shape index (κ3) is 5.51. The number of nitrogens with one attached hydrogen (secondary N) is 1. The minimum Gasteiger partial charge on any atom is -0.476 e. The molecule has 1 N–H and O–H groups in total. The van der Waals surface area contributed by atoms with Crippen LogP contribution in [0, 0.1) is 17.8 Å². The van der Waals surface area contributed by atoms with E-state index in [1.807, 2.05) is 0 Å². The smallest absolute Gasteiger partial charge is 0.206 e. The molecule has 0 atom stereocenters. The molecule has 0 rings (SSSR count). The molecule has 0 aliphatic carbocycles. The third-order valence-electron chi connectivity index (χ3n) is 1.12. The van der Waals surface area contributed by atoms with Crippen molar-refractivity contribution in [2.24, 2.45) is 0 Å². The Kier molecular flexibility index (Phi) is 5.76. The fraction of sp³-hybridized carbons (Fsp3) is 0.444. The molecular formula is C9H13NO2. The lowest BCUT2D eigenvalue weighted by Gasteiger charge is -2.02. The molecule has 0 aliphatic rings. The highest BCUT2D eigenvalue weighted by atomic mass is 16.5. The average molecular weight is 167 g/mol. The number of terminal acetylenes is 1. The predicted octanol–water partition coefficient (Wildman–Crippen LogP) is 1.21. The Morgan fingerprint density at radius 1 is 1.58 bits per heavy atom. The molecule has 3 nitrogen and oxygen atoms in total. The van der Waals surface area contributed by atoms with Crippen molar-refractivity contribution in [3.8, 4) is 12.3 Å². The topological polar surface area (TPSA) is 42.3 Å². The van der Waals surface area contributed by atoms with Gasteiger partial charge < -0.3 is 9.47 Å². The van der Waals surface area contributed by atoms with Crippen molar-refractivity contribution in [1.82, 2.24) is 0 Å². The highest BCUT2D eigenvalue weighted by Crippen LogP contribution is 1.91. The van der Waals surface area contributed by atoms with Gasteiger partial charge >= 0.3 is 0 Å². The van der Waals surface area contributed by atoms with Crippen LogP contribution >= 0.6 is 0 Å². The van der Waals surface area contributed by atoms with E-state index >= 15 is 0 Å². The van der Waals surface area contributed by atoms with Crippen molar-refractivity contribution < 1.29 is 9.47 Å². The Morgan fingerprint density at radius 3 is 2.75 bits per heavy atom. The van der Waals surface area contributed by atoms with Gasteiger partial charge in [-0.25, -0.2) is 0 Å². The first-order valence-corrected chi connectivity index (χ1v) is 3.56. The van der Waals surface area contributed by atoms with Gasteiger partial charge in [0.1, 0.15) is 6.61 Å². The molecule has 0 fully saturated rings. The van der Waals surface area contributed by atoms with Gasteiger partial charge in [-0.15, -0.1) is 6.42 Å². The van der Waals surface area contributed by atoms with E-state index in [0.717, 1.165) is 0 Å². The second kappa shape index (κ2) is 6.44. The summed E-state index contributed by atoms with van der Waals surface area (Å²) in [4.78, 5) is 0. The maximum atomic E-state index is 7.25. The van der Waals surface area contributed by atoms with Crippen LogP contribution in [0.25, 0.3) is 0 Å². The van der Waals surface area contributed by atoms with E-state index in [1.54, 1.807) is 14.0 Å². The Morgan fingerprint density at radius 2 is 2.25 bits per heavy atom. The Labute approximate surface area is 72.9 Å². The van der Waals surface area contributed by atoms with Crippen molar-refractivity contribution in [3.05, 3.63) is 11.6 Å². The van der Waals surface area contributed by atoms with Crippen LogP contribution in [0.2, 0.25) is 0 Å². The highest BCUT2D eigenvalue weighted by molar-refractivity contribution is 5.86. The summed E-state index contributed by atoms with van der Waals surface area (Å²) < 4.78 is 9.68. The summed E-state index contributed by atoms with van der Waals surface area (Å²) in [7, 11) is 1.58. The van der Waals surface area contributed by atoms with Gasteiger partial charge in [-0.3, -0.25) is 5.41 Å². The molecule has 0 amide bonds. The first-order chi connectivity index (χ1) is 5.70. The van der Waals surface area contributed by atoms with Crippen LogP contribution < -0.4 is 0 Å². The van der Waals surface area contributed by atoms with Gasteiger partial charge in [-0.2, -0.15) is 0 Å². The summed E-state index contributed by atoms with van der Waals surface area (Å²) >= 11 is 0. The zero-order chi connectivity index (χ0) is 9.40. The standard InChI is InChI=1S/C9H13NO2/c1-4-8(2)7-9(10)12-6-5-11-3/h1,7,10H,5-6H2,2-3H3/b8-7-,10-9?. The molecule has 0 unspecified atom stereocenters. The van der Waals surface area contributed by atoms with Crippen LogP contribution in [-0.4, -0.2) is 26.2 Å². The molecule has 0 aromatic heterocycles. The van der Waals surface area contributed by atoms with Crippen LogP contribution in [0.1, 0.15) is 6.92 Å². The van der Waals surface area contributed by atoms with Crippen LogP contribution in [0.15, 0.2) is 11.6 Å². The van der Waals surface area contributed by atoms with Gasteiger partial charge in [0, 0.05) is 18.8 Å². The second-order valence-electron chi connectivity index (χ2n) is 2.18. The minimum atomic E-state index is 0.0718. The summed E-state index contributed by atoms with van der Waals surface area (Å²) in [5.74, 6) is 2.47. The van der Waals surface area contributed by atoms with Gasteiger partial charge in [-0.1, -0.05) is 5.92 Å². The van der Waals surface area contributed by atoms with E-state index in [9.17, 15) is 0 Å². The maximum Gasteiger partial charge on any atom is 0.206 e. The Balaban J connectivity index is 3.69. The number of allylic oxidation sites excluding steroid dienone is 1. The zero-order valence-electron chi connectivity index (χ0n) is 7.39. The zero-order valence-corrected chi connectivity index (χ0v) is 7.39. The van der Waals surface area contributed by atoms with Crippen LogP contribution in [0.4, 0.5) is 0 Å². The second-order valence-corrected chi connectivity index (χ2v) is 2.18. The van der Waals surface area contributed by atoms with Crippen molar-refractivity contribution in [3.63, 3.8) is 0 Å². The van der Waals surface area contributed by atoms with Crippen molar-refractivity contribution in [1.29, 1.82) is 5.41 Å². The Hall–Kier alpha value is -1.27. The van der Waals surface area contributed by atoms with E-state index in [1.165, 1.54) is 6.08 Å². The molecule has 0 saturated heterocycles. The third-order valence-corrected chi connectivity index (χ3v) is 1.12. The number of hydrogen-bond acceptors (Lipinski definition) is 3. The maximum absolute atomic E-state index is 7.25. The van der Waals surface area contributed by atoms with Crippen molar-refractivity contribution in [2.45, 2.75) is 6.92 Å². The van der Waals surface area contributed by atoms with E-state index in [0.29, 0.717) is 18.8 Å². The molecule has 0 spiro atoms. The SMILES string of the molecule is C#C/C(C)=C\C(=N)OCCOC. The fourth-order valence-corrected chi connectivity index (χ4v) is 0.515. The molecular weight excluding hydrogens is 154 g/mol. The fourth-order valence-electron chi connectivity index (χ4n) is 0.515. The Bertz CT molecular complexity index is 213.